The monoisotopic (exact) mass is 316 g/mol. The Morgan fingerprint density at radius 2 is 1.86 bits per heavy atom. The molecule has 1 rings (SSSR count). The van der Waals surface area contributed by atoms with Crippen LogP contribution in [0.4, 0.5) is 0 Å². The zero-order valence-corrected chi connectivity index (χ0v) is 12.1. The largest absolute Gasteiger partial charge is 0.481 e. The lowest BCUT2D eigenvalue weighted by atomic mass is 9.80. The topological polar surface area (TPSA) is 161 Å². The Morgan fingerprint density at radius 1 is 1.23 bits per heavy atom. The summed E-state index contributed by atoms with van der Waals surface area (Å²) in [7, 11) is -1.44. The summed E-state index contributed by atoms with van der Waals surface area (Å²) in [6.45, 7) is 0.179. The van der Waals surface area contributed by atoms with Crippen molar-refractivity contribution in [3.63, 3.8) is 0 Å². The van der Waals surface area contributed by atoms with E-state index >= 15 is 0 Å². The number of amides is 1. The van der Waals surface area contributed by atoms with Crippen LogP contribution in [-0.4, -0.2) is 69.3 Å². The molecule has 0 spiro atoms. The van der Waals surface area contributed by atoms with Gasteiger partial charge in [0.15, 0.2) is 0 Å². The maximum absolute atomic E-state index is 12.0. The number of carboxylic acids is 2. The molecule has 0 aromatic rings. The summed E-state index contributed by atoms with van der Waals surface area (Å²) in [5.41, 5.74) is 5.52. The van der Waals surface area contributed by atoms with Gasteiger partial charge in [-0.2, -0.15) is 0 Å². The van der Waals surface area contributed by atoms with Crippen LogP contribution in [0.2, 0.25) is 6.32 Å². The molecule has 3 atom stereocenters. The summed E-state index contributed by atoms with van der Waals surface area (Å²) >= 11 is 0. The number of hydrogen-bond acceptors (Lipinski definition) is 6. The molecule has 9 nitrogen and oxygen atoms in total. The lowest BCUT2D eigenvalue weighted by Crippen LogP contribution is -2.44. The van der Waals surface area contributed by atoms with Crippen molar-refractivity contribution in [3.8, 4) is 0 Å². The highest BCUT2D eigenvalue weighted by molar-refractivity contribution is 6.40. The number of carbonyl (C=O) groups excluding carboxylic acids is 1. The van der Waals surface area contributed by atoms with Crippen LogP contribution in [0.1, 0.15) is 19.3 Å². The minimum atomic E-state index is -1.44. The third-order valence-electron chi connectivity index (χ3n) is 3.82. The molecule has 6 N–H and O–H groups in total. The highest BCUT2D eigenvalue weighted by Gasteiger charge is 2.40. The smallest absolute Gasteiger partial charge is 0.451 e. The molecule has 0 saturated carbocycles. The molecule has 0 aromatic heterocycles. The highest BCUT2D eigenvalue weighted by Crippen LogP contribution is 2.29. The summed E-state index contributed by atoms with van der Waals surface area (Å²) in [6, 6.07) is -1.19. The van der Waals surface area contributed by atoms with E-state index in [2.05, 4.69) is 0 Å². The van der Waals surface area contributed by atoms with Gasteiger partial charge in [0.1, 0.15) is 0 Å². The summed E-state index contributed by atoms with van der Waals surface area (Å²) in [5, 5.41) is 35.5. The lowest BCUT2D eigenvalue weighted by molar-refractivity contribution is -0.144. The van der Waals surface area contributed by atoms with Gasteiger partial charge in [-0.1, -0.05) is 6.42 Å². The number of nitrogens with two attached hydrogens (primary N) is 1. The second-order valence-electron chi connectivity index (χ2n) is 5.56. The molecule has 2 unspecified atom stereocenters. The van der Waals surface area contributed by atoms with Gasteiger partial charge < -0.3 is 30.9 Å². The number of hydrogen-bond donors (Lipinski definition) is 5. The Morgan fingerprint density at radius 3 is 2.36 bits per heavy atom. The van der Waals surface area contributed by atoms with Crippen LogP contribution >= 0.6 is 0 Å². The second kappa shape index (κ2) is 8.11. The Kier molecular flexibility index (Phi) is 6.78. The van der Waals surface area contributed by atoms with Crippen LogP contribution in [0.25, 0.3) is 0 Å². The van der Waals surface area contributed by atoms with Crippen molar-refractivity contribution in [3.05, 3.63) is 0 Å². The maximum Gasteiger partial charge on any atom is 0.451 e. The molecule has 0 bridgehead atoms. The number of carboxylic acid groups (broad SMARTS) is 2. The predicted molar refractivity (Wildman–Crippen MR) is 75.7 cm³/mol. The van der Waals surface area contributed by atoms with Gasteiger partial charge in [-0.25, -0.2) is 0 Å². The highest BCUT2D eigenvalue weighted by atomic mass is 16.4. The van der Waals surface area contributed by atoms with Gasteiger partial charge in [-0.3, -0.25) is 14.4 Å². The molecule has 22 heavy (non-hydrogen) atoms. The van der Waals surface area contributed by atoms with E-state index in [4.69, 9.17) is 20.9 Å². The lowest BCUT2D eigenvalue weighted by Gasteiger charge is -2.19. The average Bonchev–Trinajstić information content (AvgIpc) is 2.80. The number of carbonyl (C=O) groups is 3. The van der Waals surface area contributed by atoms with E-state index in [0.29, 0.717) is 12.8 Å². The van der Waals surface area contributed by atoms with Crippen molar-refractivity contribution < 1.29 is 34.6 Å². The second-order valence-corrected chi connectivity index (χ2v) is 5.56. The van der Waals surface area contributed by atoms with Gasteiger partial charge in [-0.15, -0.1) is 0 Å². The van der Waals surface area contributed by atoms with Gasteiger partial charge >= 0.3 is 19.1 Å². The molecular weight excluding hydrogens is 295 g/mol. The molecular formula is C12H21BN2O7. The Balaban J connectivity index is 2.63. The van der Waals surface area contributed by atoms with Gasteiger partial charge in [0.05, 0.1) is 18.4 Å². The molecule has 10 heteroatoms. The first-order valence-corrected chi connectivity index (χ1v) is 7.07. The molecule has 1 aliphatic rings. The number of nitrogens with zero attached hydrogens (tertiary/aromatic N) is 1. The SMILES string of the molecule is N[C@@H](CC(=O)O)C(=O)N1CC(CCCB(O)O)C(C(=O)O)C1. The predicted octanol–water partition coefficient (Wildman–Crippen LogP) is -1.80. The van der Waals surface area contributed by atoms with E-state index in [9.17, 15) is 19.5 Å². The summed E-state index contributed by atoms with van der Waals surface area (Å²) < 4.78 is 0. The zero-order chi connectivity index (χ0) is 16.9. The fourth-order valence-corrected chi connectivity index (χ4v) is 2.70. The Hall–Kier alpha value is -1.65. The zero-order valence-electron chi connectivity index (χ0n) is 12.1. The minimum Gasteiger partial charge on any atom is -0.481 e. The van der Waals surface area contributed by atoms with Crippen molar-refractivity contribution in [2.45, 2.75) is 31.6 Å². The maximum atomic E-state index is 12.0. The minimum absolute atomic E-state index is 0.00612. The van der Waals surface area contributed by atoms with Crippen molar-refractivity contribution in [2.75, 3.05) is 13.1 Å². The molecule has 0 aromatic carbocycles. The normalized spacial score (nSPS) is 22.4. The Labute approximate surface area is 127 Å². The molecule has 1 amide bonds. The van der Waals surface area contributed by atoms with Crippen LogP contribution in [-0.2, 0) is 14.4 Å². The molecule has 124 valence electrons. The van der Waals surface area contributed by atoms with Gasteiger partial charge in [0, 0.05) is 13.1 Å². The van der Waals surface area contributed by atoms with Crippen LogP contribution in [0.3, 0.4) is 0 Å². The molecule has 1 fully saturated rings. The number of rotatable bonds is 8. The van der Waals surface area contributed by atoms with Crippen LogP contribution in [0.5, 0.6) is 0 Å². The summed E-state index contributed by atoms with van der Waals surface area (Å²) in [5.74, 6) is -3.85. The van der Waals surface area contributed by atoms with E-state index in [0.717, 1.165) is 0 Å². The summed E-state index contributed by atoms with van der Waals surface area (Å²) in [6.07, 6.45) is 0.492. The van der Waals surface area contributed by atoms with Crippen molar-refractivity contribution in [2.24, 2.45) is 17.6 Å². The number of likely N-dealkylation sites (tertiary alicyclic amines) is 1. The molecule has 0 radical (unpaired) electrons. The molecule has 1 heterocycles. The summed E-state index contributed by atoms with van der Waals surface area (Å²) in [4.78, 5) is 35.2. The molecule has 1 aliphatic heterocycles. The molecule has 0 aliphatic carbocycles. The van der Waals surface area contributed by atoms with Crippen LogP contribution in [0.15, 0.2) is 0 Å². The fraction of sp³-hybridized carbons (Fsp3) is 0.750. The van der Waals surface area contributed by atoms with E-state index in [-0.39, 0.29) is 25.3 Å². The standard InChI is InChI=1S/C12H21BN2O7/c14-9(4-10(16)17)11(18)15-5-7(2-1-3-13(21)22)8(6-15)12(19)20/h7-9,21-22H,1-6,14H2,(H,16,17)(H,19,20)/t7?,8?,9-/m0/s1. The van der Waals surface area contributed by atoms with E-state index < -0.39 is 43.3 Å². The first kappa shape index (κ1) is 18.4. The third-order valence-corrected chi connectivity index (χ3v) is 3.82. The van der Waals surface area contributed by atoms with Gasteiger partial charge in [-0.05, 0) is 18.7 Å². The van der Waals surface area contributed by atoms with Crippen LogP contribution < -0.4 is 5.73 Å². The third kappa shape index (κ3) is 5.28. The fourth-order valence-electron chi connectivity index (χ4n) is 2.70. The van der Waals surface area contributed by atoms with E-state index in [1.807, 2.05) is 0 Å². The van der Waals surface area contributed by atoms with Gasteiger partial charge in [0.2, 0.25) is 5.91 Å². The Bertz CT molecular complexity index is 432. The number of aliphatic carboxylic acids is 2. The quantitative estimate of drug-likeness (QED) is 0.328. The molecule has 1 saturated heterocycles. The first-order chi connectivity index (χ1) is 10.2. The van der Waals surface area contributed by atoms with Crippen molar-refractivity contribution in [1.82, 2.24) is 4.90 Å². The van der Waals surface area contributed by atoms with E-state index in [1.54, 1.807) is 0 Å². The van der Waals surface area contributed by atoms with Crippen molar-refractivity contribution in [1.29, 1.82) is 0 Å². The average molecular weight is 316 g/mol. The van der Waals surface area contributed by atoms with E-state index in [1.165, 1.54) is 4.90 Å². The van der Waals surface area contributed by atoms with Gasteiger partial charge in [0.25, 0.3) is 0 Å². The van der Waals surface area contributed by atoms with Crippen molar-refractivity contribution >= 4 is 25.0 Å². The van der Waals surface area contributed by atoms with Crippen LogP contribution in [0, 0.1) is 11.8 Å². The first-order valence-electron chi connectivity index (χ1n) is 7.07.